The van der Waals surface area contributed by atoms with E-state index in [1.54, 1.807) is 6.92 Å². The molecular formula is C9H8ClF2NO2. The van der Waals surface area contributed by atoms with Crippen LogP contribution in [0.4, 0.5) is 8.78 Å². The van der Waals surface area contributed by atoms with Crippen LogP contribution in [-0.4, -0.2) is 16.1 Å². The van der Waals surface area contributed by atoms with Gasteiger partial charge in [-0.15, -0.1) is 11.6 Å². The summed E-state index contributed by atoms with van der Waals surface area (Å²) in [6.07, 6.45) is -2.92. The number of halogens is 3. The zero-order chi connectivity index (χ0) is 11.6. The summed E-state index contributed by atoms with van der Waals surface area (Å²) in [5.41, 5.74) is -0.441. The minimum atomic E-state index is -2.92. The second kappa shape index (κ2) is 4.53. The summed E-state index contributed by atoms with van der Waals surface area (Å²) in [6, 6.07) is 1.16. The second-order valence-corrected chi connectivity index (χ2v) is 3.19. The molecule has 0 aliphatic carbocycles. The van der Waals surface area contributed by atoms with Gasteiger partial charge in [-0.2, -0.15) is 0 Å². The Labute approximate surface area is 89.7 Å². The average Bonchev–Trinajstić information content (AvgIpc) is 2.16. The minimum absolute atomic E-state index is 0.0224. The first-order chi connectivity index (χ1) is 6.97. The molecule has 0 aliphatic rings. The summed E-state index contributed by atoms with van der Waals surface area (Å²) in [7, 11) is 0. The van der Waals surface area contributed by atoms with Crippen LogP contribution < -0.4 is 0 Å². The molecular weight excluding hydrogens is 228 g/mol. The van der Waals surface area contributed by atoms with Gasteiger partial charge in [0.05, 0.1) is 17.1 Å². The molecule has 82 valence electrons. The topological polar surface area (TPSA) is 50.2 Å². The normalized spacial score (nSPS) is 10.7. The van der Waals surface area contributed by atoms with Gasteiger partial charge < -0.3 is 5.11 Å². The number of pyridine rings is 1. The number of hydrogen-bond acceptors (Lipinski definition) is 2. The Morgan fingerprint density at radius 3 is 2.67 bits per heavy atom. The molecule has 15 heavy (non-hydrogen) atoms. The first kappa shape index (κ1) is 11.8. The van der Waals surface area contributed by atoms with E-state index in [9.17, 15) is 13.6 Å². The summed E-state index contributed by atoms with van der Waals surface area (Å²) in [6.45, 7) is 1.58. The number of alkyl halides is 3. The molecule has 0 unspecified atom stereocenters. The van der Waals surface area contributed by atoms with E-state index < -0.39 is 23.7 Å². The van der Waals surface area contributed by atoms with E-state index in [0.717, 1.165) is 6.07 Å². The predicted molar refractivity (Wildman–Crippen MR) is 50.4 cm³/mol. The van der Waals surface area contributed by atoms with Crippen molar-refractivity contribution in [3.8, 4) is 0 Å². The van der Waals surface area contributed by atoms with Gasteiger partial charge >= 0.3 is 5.97 Å². The zero-order valence-corrected chi connectivity index (χ0v) is 8.55. The van der Waals surface area contributed by atoms with Gasteiger partial charge in [-0.05, 0) is 18.6 Å². The summed E-state index contributed by atoms with van der Waals surface area (Å²) in [5.74, 6) is -1.44. The summed E-state index contributed by atoms with van der Waals surface area (Å²) < 4.78 is 24.9. The maximum Gasteiger partial charge on any atom is 0.337 e. The molecule has 0 amide bonds. The van der Waals surface area contributed by atoms with Gasteiger partial charge in [0, 0.05) is 0 Å². The smallest absolute Gasteiger partial charge is 0.337 e. The molecule has 0 atom stereocenters. The van der Waals surface area contributed by atoms with Gasteiger partial charge in [-0.3, -0.25) is 0 Å². The number of rotatable bonds is 3. The molecule has 0 spiro atoms. The number of aromatic carboxylic acids is 1. The standard InChI is InChI=1S/C9H8ClF2NO2/c1-4-2-5(9(14)15)7(8(11)12)13-6(4)3-10/h2,8H,3H2,1H3,(H,14,15). The van der Waals surface area contributed by atoms with Crippen molar-refractivity contribution in [1.82, 2.24) is 4.98 Å². The van der Waals surface area contributed by atoms with Crippen molar-refractivity contribution < 1.29 is 18.7 Å². The largest absolute Gasteiger partial charge is 0.478 e. The van der Waals surface area contributed by atoms with Crippen LogP contribution in [0.5, 0.6) is 0 Å². The molecule has 0 aromatic carbocycles. The number of aromatic nitrogens is 1. The highest BCUT2D eigenvalue weighted by atomic mass is 35.5. The zero-order valence-electron chi connectivity index (χ0n) is 7.80. The van der Waals surface area contributed by atoms with E-state index in [4.69, 9.17) is 16.7 Å². The molecule has 1 aromatic heterocycles. The summed E-state index contributed by atoms with van der Waals surface area (Å²) in [4.78, 5) is 14.2. The van der Waals surface area contributed by atoms with Gasteiger partial charge in [0.25, 0.3) is 6.43 Å². The van der Waals surface area contributed by atoms with Gasteiger partial charge in [0.1, 0.15) is 5.69 Å². The van der Waals surface area contributed by atoms with Crippen molar-refractivity contribution in [1.29, 1.82) is 0 Å². The number of carbonyl (C=O) groups is 1. The lowest BCUT2D eigenvalue weighted by Crippen LogP contribution is -2.08. The van der Waals surface area contributed by atoms with E-state index >= 15 is 0 Å². The van der Waals surface area contributed by atoms with Crippen LogP contribution >= 0.6 is 11.6 Å². The fourth-order valence-corrected chi connectivity index (χ4v) is 1.41. The predicted octanol–water partition coefficient (Wildman–Crippen LogP) is 2.76. The molecule has 0 saturated carbocycles. The van der Waals surface area contributed by atoms with Gasteiger partial charge in [-0.25, -0.2) is 18.6 Å². The molecule has 0 bridgehead atoms. The Balaban J connectivity index is 3.38. The maximum atomic E-state index is 12.5. The molecule has 0 fully saturated rings. The molecule has 1 rings (SSSR count). The molecule has 0 radical (unpaired) electrons. The highest BCUT2D eigenvalue weighted by molar-refractivity contribution is 6.17. The van der Waals surface area contributed by atoms with Crippen LogP contribution in [0.15, 0.2) is 6.07 Å². The molecule has 3 nitrogen and oxygen atoms in total. The van der Waals surface area contributed by atoms with Crippen LogP contribution in [0.25, 0.3) is 0 Å². The van der Waals surface area contributed by atoms with Crippen molar-refractivity contribution in [2.75, 3.05) is 0 Å². The van der Waals surface area contributed by atoms with Gasteiger partial charge in [0.15, 0.2) is 0 Å². The SMILES string of the molecule is Cc1cc(C(=O)O)c(C(F)F)nc1CCl. The number of hydrogen-bond donors (Lipinski definition) is 1. The quantitative estimate of drug-likeness (QED) is 0.820. The van der Waals surface area contributed by atoms with Crippen LogP contribution in [-0.2, 0) is 5.88 Å². The lowest BCUT2D eigenvalue weighted by molar-refractivity contribution is 0.0682. The Morgan fingerprint density at radius 1 is 1.67 bits per heavy atom. The lowest BCUT2D eigenvalue weighted by Gasteiger charge is -2.08. The molecule has 6 heteroatoms. The molecule has 0 saturated heterocycles. The highest BCUT2D eigenvalue weighted by Crippen LogP contribution is 2.23. The number of aryl methyl sites for hydroxylation is 1. The first-order valence-corrected chi connectivity index (χ1v) is 4.58. The number of nitrogens with zero attached hydrogens (tertiary/aromatic N) is 1. The van der Waals surface area contributed by atoms with Crippen LogP contribution in [0, 0.1) is 6.92 Å². The first-order valence-electron chi connectivity index (χ1n) is 4.05. The van der Waals surface area contributed by atoms with E-state index in [-0.39, 0.29) is 11.6 Å². The fraction of sp³-hybridized carbons (Fsp3) is 0.333. The van der Waals surface area contributed by atoms with Crippen molar-refractivity contribution in [2.24, 2.45) is 0 Å². The minimum Gasteiger partial charge on any atom is -0.478 e. The molecule has 1 heterocycles. The van der Waals surface area contributed by atoms with Crippen molar-refractivity contribution >= 4 is 17.6 Å². The third kappa shape index (κ3) is 2.41. The Hall–Kier alpha value is -1.23. The lowest BCUT2D eigenvalue weighted by atomic mass is 10.1. The van der Waals surface area contributed by atoms with E-state index in [1.165, 1.54) is 0 Å². The maximum absolute atomic E-state index is 12.5. The Morgan fingerprint density at radius 2 is 2.27 bits per heavy atom. The fourth-order valence-electron chi connectivity index (χ4n) is 1.14. The number of carboxylic acid groups (broad SMARTS) is 1. The Kier molecular flexibility index (Phi) is 3.57. The van der Waals surface area contributed by atoms with Gasteiger partial charge in [0.2, 0.25) is 0 Å². The third-order valence-electron chi connectivity index (χ3n) is 1.91. The highest BCUT2D eigenvalue weighted by Gasteiger charge is 2.21. The molecule has 0 aliphatic heterocycles. The van der Waals surface area contributed by atoms with Crippen LogP contribution in [0.1, 0.15) is 33.7 Å². The van der Waals surface area contributed by atoms with Crippen LogP contribution in [0.3, 0.4) is 0 Å². The Bertz CT molecular complexity index is 396. The molecule has 1 aromatic rings. The van der Waals surface area contributed by atoms with Crippen molar-refractivity contribution in [2.45, 2.75) is 19.2 Å². The third-order valence-corrected chi connectivity index (χ3v) is 2.16. The molecule has 1 N–H and O–H groups in total. The summed E-state index contributed by atoms with van der Waals surface area (Å²) in [5, 5.41) is 8.70. The van der Waals surface area contributed by atoms with Crippen molar-refractivity contribution in [3.63, 3.8) is 0 Å². The monoisotopic (exact) mass is 235 g/mol. The average molecular weight is 236 g/mol. The van der Waals surface area contributed by atoms with E-state index in [1.807, 2.05) is 0 Å². The van der Waals surface area contributed by atoms with Crippen LogP contribution in [0.2, 0.25) is 0 Å². The second-order valence-electron chi connectivity index (χ2n) is 2.92. The van der Waals surface area contributed by atoms with Gasteiger partial charge in [-0.1, -0.05) is 0 Å². The number of carboxylic acids is 1. The van der Waals surface area contributed by atoms with Crippen molar-refractivity contribution in [3.05, 3.63) is 28.6 Å². The summed E-state index contributed by atoms with van der Waals surface area (Å²) >= 11 is 5.49. The van der Waals surface area contributed by atoms with E-state index in [2.05, 4.69) is 4.98 Å². The van der Waals surface area contributed by atoms with E-state index in [0.29, 0.717) is 5.56 Å².